The van der Waals surface area contributed by atoms with Gasteiger partial charge in [0.25, 0.3) is 0 Å². The molecule has 1 fully saturated rings. The zero-order chi connectivity index (χ0) is 13.7. The van der Waals surface area contributed by atoms with Crippen LogP contribution in [0.2, 0.25) is 0 Å². The number of nitrogens with zero attached hydrogens (tertiary/aromatic N) is 2. The molecule has 0 atom stereocenters. The Balaban J connectivity index is 2.08. The van der Waals surface area contributed by atoms with Gasteiger partial charge in [-0.3, -0.25) is 0 Å². The number of nitrogens with one attached hydrogen (secondary N) is 2. The fourth-order valence-electron chi connectivity index (χ4n) is 2.64. The van der Waals surface area contributed by atoms with Crippen LogP contribution in [0, 0.1) is 0 Å². The summed E-state index contributed by atoms with van der Waals surface area (Å²) in [5.41, 5.74) is 5.92. The molecule has 0 saturated heterocycles. The van der Waals surface area contributed by atoms with Crippen LogP contribution < -0.4 is 16.4 Å². The van der Waals surface area contributed by atoms with Crippen LogP contribution in [0.5, 0.6) is 0 Å². The summed E-state index contributed by atoms with van der Waals surface area (Å²) >= 11 is 0. The third-order valence-electron chi connectivity index (χ3n) is 3.69. The second kappa shape index (κ2) is 6.08. The van der Waals surface area contributed by atoms with Gasteiger partial charge in [-0.2, -0.15) is 9.97 Å². The Morgan fingerprint density at radius 3 is 2.58 bits per heavy atom. The first kappa shape index (κ1) is 13.9. The summed E-state index contributed by atoms with van der Waals surface area (Å²) in [5.74, 6) is 1.95. The zero-order valence-electron chi connectivity index (χ0n) is 12.0. The standard InChI is InChI=1S/C14H25N5/c1-3-9-16-11-10-12(18-13(15)17-11)19-14(2)7-5-4-6-8-14/h10H,3-9H2,1-2H3,(H4,15,16,17,18,19). The fourth-order valence-corrected chi connectivity index (χ4v) is 2.64. The molecule has 0 aromatic carbocycles. The van der Waals surface area contributed by atoms with Crippen molar-refractivity contribution in [1.82, 2.24) is 9.97 Å². The van der Waals surface area contributed by atoms with Crippen molar-refractivity contribution in [2.75, 3.05) is 22.9 Å². The van der Waals surface area contributed by atoms with Crippen molar-refractivity contribution in [2.24, 2.45) is 0 Å². The summed E-state index contributed by atoms with van der Waals surface area (Å²) in [6.45, 7) is 5.29. The molecule has 0 unspecified atom stereocenters. The van der Waals surface area contributed by atoms with E-state index >= 15 is 0 Å². The van der Waals surface area contributed by atoms with E-state index in [9.17, 15) is 0 Å². The molecule has 0 radical (unpaired) electrons. The monoisotopic (exact) mass is 263 g/mol. The Morgan fingerprint density at radius 2 is 1.89 bits per heavy atom. The molecule has 0 amide bonds. The molecule has 5 nitrogen and oxygen atoms in total. The van der Waals surface area contributed by atoms with Crippen molar-refractivity contribution in [1.29, 1.82) is 0 Å². The average Bonchev–Trinajstić information content (AvgIpc) is 2.36. The van der Waals surface area contributed by atoms with E-state index in [1.54, 1.807) is 0 Å². The van der Waals surface area contributed by atoms with Crippen molar-refractivity contribution >= 4 is 17.6 Å². The maximum atomic E-state index is 5.78. The molecule has 0 bridgehead atoms. The maximum absolute atomic E-state index is 5.78. The number of hydrogen-bond donors (Lipinski definition) is 3. The molecular weight excluding hydrogens is 238 g/mol. The molecule has 5 heteroatoms. The van der Waals surface area contributed by atoms with Gasteiger partial charge in [0.2, 0.25) is 5.95 Å². The SMILES string of the molecule is CCCNc1cc(NC2(C)CCCCC2)nc(N)n1. The molecule has 0 aliphatic heterocycles. The van der Waals surface area contributed by atoms with E-state index in [0.717, 1.165) is 24.6 Å². The molecule has 19 heavy (non-hydrogen) atoms. The van der Waals surface area contributed by atoms with Crippen LogP contribution in [0.1, 0.15) is 52.4 Å². The van der Waals surface area contributed by atoms with E-state index in [2.05, 4.69) is 34.4 Å². The lowest BCUT2D eigenvalue weighted by molar-refractivity contribution is 0.348. The molecule has 1 aromatic rings. The average molecular weight is 263 g/mol. The smallest absolute Gasteiger partial charge is 0.223 e. The molecular formula is C14H25N5. The molecule has 106 valence electrons. The lowest BCUT2D eigenvalue weighted by atomic mass is 9.83. The maximum Gasteiger partial charge on any atom is 0.223 e. The highest BCUT2D eigenvalue weighted by Crippen LogP contribution is 2.31. The van der Waals surface area contributed by atoms with Gasteiger partial charge in [-0.1, -0.05) is 26.2 Å². The van der Waals surface area contributed by atoms with Crippen molar-refractivity contribution < 1.29 is 0 Å². The van der Waals surface area contributed by atoms with Gasteiger partial charge >= 0.3 is 0 Å². The minimum atomic E-state index is 0.140. The minimum absolute atomic E-state index is 0.140. The normalized spacial score (nSPS) is 18.0. The van der Waals surface area contributed by atoms with Crippen molar-refractivity contribution in [2.45, 2.75) is 57.9 Å². The van der Waals surface area contributed by atoms with Crippen LogP contribution in [-0.2, 0) is 0 Å². The highest BCUT2D eigenvalue weighted by molar-refractivity contribution is 5.52. The molecule has 1 saturated carbocycles. The minimum Gasteiger partial charge on any atom is -0.370 e. The number of aromatic nitrogens is 2. The van der Waals surface area contributed by atoms with E-state index in [1.165, 1.54) is 32.1 Å². The van der Waals surface area contributed by atoms with Gasteiger partial charge in [0.15, 0.2) is 0 Å². The molecule has 1 aromatic heterocycles. The summed E-state index contributed by atoms with van der Waals surface area (Å²) in [7, 11) is 0. The summed E-state index contributed by atoms with van der Waals surface area (Å²) in [4.78, 5) is 8.50. The van der Waals surface area contributed by atoms with E-state index in [-0.39, 0.29) is 5.54 Å². The third kappa shape index (κ3) is 3.98. The zero-order valence-corrected chi connectivity index (χ0v) is 12.0. The van der Waals surface area contributed by atoms with Crippen molar-refractivity contribution in [3.05, 3.63) is 6.07 Å². The van der Waals surface area contributed by atoms with E-state index in [0.29, 0.717) is 5.95 Å². The lowest BCUT2D eigenvalue weighted by Gasteiger charge is -2.35. The van der Waals surface area contributed by atoms with Crippen LogP contribution in [-0.4, -0.2) is 22.1 Å². The highest BCUT2D eigenvalue weighted by atomic mass is 15.1. The second-order valence-electron chi connectivity index (χ2n) is 5.67. The van der Waals surface area contributed by atoms with E-state index < -0.39 is 0 Å². The molecule has 1 heterocycles. The molecule has 4 N–H and O–H groups in total. The topological polar surface area (TPSA) is 75.9 Å². The van der Waals surface area contributed by atoms with Gasteiger partial charge in [-0.05, 0) is 26.2 Å². The summed E-state index contributed by atoms with van der Waals surface area (Å²) in [6, 6.07) is 1.95. The van der Waals surface area contributed by atoms with Crippen LogP contribution in [0.4, 0.5) is 17.6 Å². The lowest BCUT2D eigenvalue weighted by Crippen LogP contribution is -2.37. The number of hydrogen-bond acceptors (Lipinski definition) is 5. The number of rotatable bonds is 5. The van der Waals surface area contributed by atoms with E-state index in [1.807, 2.05) is 6.07 Å². The van der Waals surface area contributed by atoms with Gasteiger partial charge in [-0.25, -0.2) is 0 Å². The predicted molar refractivity (Wildman–Crippen MR) is 80.3 cm³/mol. The second-order valence-corrected chi connectivity index (χ2v) is 5.67. The predicted octanol–water partition coefficient (Wildman–Crippen LogP) is 3.02. The van der Waals surface area contributed by atoms with Crippen LogP contribution >= 0.6 is 0 Å². The highest BCUT2D eigenvalue weighted by Gasteiger charge is 2.26. The van der Waals surface area contributed by atoms with Gasteiger partial charge in [0, 0.05) is 18.2 Å². The summed E-state index contributed by atoms with van der Waals surface area (Å²) < 4.78 is 0. The number of nitrogen functional groups attached to an aromatic ring is 1. The van der Waals surface area contributed by atoms with Crippen LogP contribution in [0.15, 0.2) is 6.07 Å². The van der Waals surface area contributed by atoms with Gasteiger partial charge in [0.1, 0.15) is 11.6 Å². The molecule has 0 spiro atoms. The van der Waals surface area contributed by atoms with Crippen LogP contribution in [0.25, 0.3) is 0 Å². The molecule has 1 aliphatic rings. The fraction of sp³-hybridized carbons (Fsp3) is 0.714. The van der Waals surface area contributed by atoms with Gasteiger partial charge in [0.05, 0.1) is 0 Å². The summed E-state index contributed by atoms with van der Waals surface area (Å²) in [6.07, 6.45) is 7.34. The Kier molecular flexibility index (Phi) is 4.45. The van der Waals surface area contributed by atoms with Gasteiger partial charge in [-0.15, -0.1) is 0 Å². The van der Waals surface area contributed by atoms with Crippen molar-refractivity contribution in [3.63, 3.8) is 0 Å². The molecule has 1 aliphatic carbocycles. The number of nitrogens with two attached hydrogens (primary N) is 1. The Morgan fingerprint density at radius 1 is 1.21 bits per heavy atom. The largest absolute Gasteiger partial charge is 0.370 e. The third-order valence-corrected chi connectivity index (χ3v) is 3.69. The molecule has 2 rings (SSSR count). The first-order chi connectivity index (χ1) is 9.11. The Hall–Kier alpha value is -1.52. The Bertz CT molecular complexity index is 412. The quantitative estimate of drug-likeness (QED) is 0.761. The first-order valence-electron chi connectivity index (χ1n) is 7.28. The van der Waals surface area contributed by atoms with Crippen molar-refractivity contribution in [3.8, 4) is 0 Å². The first-order valence-corrected chi connectivity index (χ1v) is 7.28. The Labute approximate surface area is 115 Å². The van der Waals surface area contributed by atoms with Gasteiger partial charge < -0.3 is 16.4 Å². The van der Waals surface area contributed by atoms with Crippen LogP contribution in [0.3, 0.4) is 0 Å². The van der Waals surface area contributed by atoms with E-state index in [4.69, 9.17) is 5.73 Å². The number of anilines is 3. The summed E-state index contributed by atoms with van der Waals surface area (Å²) in [5, 5.41) is 6.80.